The molecule has 1 saturated carbocycles. The minimum Gasteiger partial charge on any atom is -0.300 e. The minimum absolute atomic E-state index is 0.00904. The van der Waals surface area contributed by atoms with E-state index in [0.717, 1.165) is 35.9 Å². The summed E-state index contributed by atoms with van der Waals surface area (Å²) in [5.41, 5.74) is 2.69. The molecule has 2 aromatic rings. The van der Waals surface area contributed by atoms with Gasteiger partial charge in [-0.25, -0.2) is 4.98 Å². The zero-order chi connectivity index (χ0) is 15.5. The highest BCUT2D eigenvalue weighted by Gasteiger charge is 2.16. The van der Waals surface area contributed by atoms with Gasteiger partial charge in [0.1, 0.15) is 5.65 Å². The monoisotopic (exact) mass is 299 g/mol. The first-order chi connectivity index (χ1) is 10.6. The van der Waals surface area contributed by atoms with Gasteiger partial charge in [-0.2, -0.15) is 0 Å². The van der Waals surface area contributed by atoms with Crippen LogP contribution in [0.5, 0.6) is 0 Å². The summed E-state index contributed by atoms with van der Waals surface area (Å²) >= 11 is 0. The predicted octanol–water partition coefficient (Wildman–Crippen LogP) is 3.02. The lowest BCUT2D eigenvalue weighted by atomic mass is 9.89. The number of hydrogen-bond donors (Lipinski definition) is 0. The zero-order valence-corrected chi connectivity index (χ0v) is 13.6. The Bertz CT molecular complexity index is 701. The molecule has 0 unspecified atom stereocenters. The van der Waals surface area contributed by atoms with Crippen LogP contribution in [-0.2, 0) is 6.54 Å². The Hall–Kier alpha value is -1.68. The Morgan fingerprint density at radius 2 is 2.09 bits per heavy atom. The summed E-state index contributed by atoms with van der Waals surface area (Å²) in [6.07, 6.45) is 8.60. The average Bonchev–Trinajstić information content (AvgIpc) is 2.49. The topological polar surface area (TPSA) is 37.6 Å². The van der Waals surface area contributed by atoms with E-state index < -0.39 is 0 Å². The molecule has 0 aromatic carbocycles. The van der Waals surface area contributed by atoms with Gasteiger partial charge in [0, 0.05) is 25.4 Å². The van der Waals surface area contributed by atoms with Crippen LogP contribution in [0, 0.1) is 12.8 Å². The highest BCUT2D eigenvalue weighted by molar-refractivity contribution is 5.46. The molecule has 22 heavy (non-hydrogen) atoms. The average molecular weight is 299 g/mol. The third-order valence-corrected chi connectivity index (χ3v) is 4.67. The Labute approximate surface area is 131 Å². The van der Waals surface area contributed by atoms with Gasteiger partial charge in [-0.15, -0.1) is 0 Å². The highest BCUT2D eigenvalue weighted by Crippen LogP contribution is 2.24. The van der Waals surface area contributed by atoms with Gasteiger partial charge < -0.3 is 4.90 Å². The Balaban J connectivity index is 1.75. The summed E-state index contributed by atoms with van der Waals surface area (Å²) in [7, 11) is 2.13. The second-order valence-corrected chi connectivity index (χ2v) is 6.67. The van der Waals surface area contributed by atoms with Gasteiger partial charge in [-0.3, -0.25) is 9.20 Å². The van der Waals surface area contributed by atoms with Crippen LogP contribution in [0.1, 0.15) is 43.4 Å². The van der Waals surface area contributed by atoms with Gasteiger partial charge in [-0.05, 0) is 44.4 Å². The quantitative estimate of drug-likeness (QED) is 0.871. The molecular formula is C18H25N3O. The van der Waals surface area contributed by atoms with Crippen molar-refractivity contribution in [2.24, 2.45) is 5.92 Å². The standard InChI is InChI=1S/C18H25N3O/c1-14-7-6-10-21-17(22)11-16(19-18(14)21)13-20(2)12-15-8-4-3-5-9-15/h6-7,10-11,15H,3-5,8-9,12-13H2,1-2H3. The van der Waals surface area contributed by atoms with Crippen LogP contribution in [0.2, 0.25) is 0 Å². The van der Waals surface area contributed by atoms with Gasteiger partial charge in [0.2, 0.25) is 0 Å². The molecule has 2 aromatic heterocycles. The van der Waals surface area contributed by atoms with Crippen LogP contribution in [0.15, 0.2) is 29.2 Å². The van der Waals surface area contributed by atoms with Gasteiger partial charge in [0.25, 0.3) is 5.56 Å². The van der Waals surface area contributed by atoms with Gasteiger partial charge in [-0.1, -0.05) is 25.3 Å². The number of rotatable bonds is 4. The van der Waals surface area contributed by atoms with Crippen LogP contribution >= 0.6 is 0 Å². The number of aromatic nitrogens is 2. The first-order valence-corrected chi connectivity index (χ1v) is 8.30. The fraction of sp³-hybridized carbons (Fsp3) is 0.556. The van der Waals surface area contributed by atoms with Crippen molar-refractivity contribution in [2.45, 2.75) is 45.6 Å². The normalized spacial score (nSPS) is 16.5. The highest BCUT2D eigenvalue weighted by atomic mass is 16.1. The number of fused-ring (bicyclic) bond motifs is 1. The van der Waals surface area contributed by atoms with Crippen LogP contribution in [0.25, 0.3) is 5.65 Å². The molecule has 1 aliphatic carbocycles. The van der Waals surface area contributed by atoms with Crippen LogP contribution in [0.4, 0.5) is 0 Å². The van der Waals surface area contributed by atoms with Gasteiger partial charge in [0.15, 0.2) is 0 Å². The fourth-order valence-corrected chi connectivity index (χ4v) is 3.54. The summed E-state index contributed by atoms with van der Waals surface area (Å²) in [6.45, 7) is 3.85. The molecule has 0 bridgehead atoms. The summed E-state index contributed by atoms with van der Waals surface area (Å²) in [4.78, 5) is 19.2. The van der Waals surface area contributed by atoms with Crippen molar-refractivity contribution in [1.82, 2.24) is 14.3 Å². The second-order valence-electron chi connectivity index (χ2n) is 6.67. The zero-order valence-electron chi connectivity index (χ0n) is 13.6. The Kier molecular flexibility index (Phi) is 4.57. The van der Waals surface area contributed by atoms with Crippen LogP contribution < -0.4 is 5.56 Å². The number of hydrogen-bond acceptors (Lipinski definition) is 3. The molecule has 4 heteroatoms. The predicted molar refractivity (Wildman–Crippen MR) is 89.1 cm³/mol. The smallest absolute Gasteiger partial charge is 0.258 e. The second kappa shape index (κ2) is 6.61. The maximum atomic E-state index is 12.2. The summed E-state index contributed by atoms with van der Waals surface area (Å²) in [5, 5.41) is 0. The molecule has 0 aliphatic heterocycles. The largest absolute Gasteiger partial charge is 0.300 e. The lowest BCUT2D eigenvalue weighted by Crippen LogP contribution is -2.28. The summed E-state index contributed by atoms with van der Waals surface area (Å²) < 4.78 is 1.62. The number of nitrogens with zero attached hydrogens (tertiary/aromatic N) is 3. The maximum absolute atomic E-state index is 12.2. The molecule has 0 N–H and O–H groups in total. The third kappa shape index (κ3) is 3.38. The molecule has 2 heterocycles. The molecule has 1 fully saturated rings. The Morgan fingerprint density at radius 1 is 1.32 bits per heavy atom. The maximum Gasteiger partial charge on any atom is 0.258 e. The molecule has 0 spiro atoms. The molecule has 1 aliphatic rings. The summed E-state index contributed by atoms with van der Waals surface area (Å²) in [5.74, 6) is 0.807. The molecule has 3 rings (SSSR count). The SMILES string of the molecule is Cc1cccn2c(=O)cc(CN(C)CC3CCCCC3)nc12. The molecular weight excluding hydrogens is 274 g/mol. The number of pyridine rings is 1. The van der Waals surface area contributed by atoms with Crippen molar-refractivity contribution in [3.8, 4) is 0 Å². The fourth-order valence-electron chi connectivity index (χ4n) is 3.54. The minimum atomic E-state index is 0.00904. The van der Waals surface area contributed by atoms with E-state index in [0.29, 0.717) is 0 Å². The molecule has 118 valence electrons. The van der Waals surface area contributed by atoms with E-state index in [9.17, 15) is 4.79 Å². The van der Waals surface area contributed by atoms with E-state index in [-0.39, 0.29) is 5.56 Å². The van der Waals surface area contributed by atoms with Crippen molar-refractivity contribution in [1.29, 1.82) is 0 Å². The first-order valence-electron chi connectivity index (χ1n) is 8.30. The van der Waals surface area contributed by atoms with Crippen molar-refractivity contribution < 1.29 is 0 Å². The van der Waals surface area contributed by atoms with Crippen LogP contribution in [-0.4, -0.2) is 27.9 Å². The first kappa shape index (κ1) is 15.2. The van der Waals surface area contributed by atoms with E-state index in [1.807, 2.05) is 19.1 Å². The molecule has 0 radical (unpaired) electrons. The molecule has 0 amide bonds. The van der Waals surface area contributed by atoms with Gasteiger partial charge >= 0.3 is 0 Å². The lowest BCUT2D eigenvalue weighted by molar-refractivity contribution is 0.226. The van der Waals surface area contributed by atoms with E-state index in [4.69, 9.17) is 0 Å². The molecule has 0 saturated heterocycles. The van der Waals surface area contributed by atoms with Crippen molar-refractivity contribution in [3.63, 3.8) is 0 Å². The van der Waals surface area contributed by atoms with Crippen molar-refractivity contribution >= 4 is 5.65 Å². The molecule has 0 atom stereocenters. The van der Waals surface area contributed by atoms with E-state index in [2.05, 4.69) is 16.9 Å². The van der Waals surface area contributed by atoms with E-state index >= 15 is 0 Å². The lowest BCUT2D eigenvalue weighted by Gasteiger charge is -2.26. The third-order valence-electron chi connectivity index (χ3n) is 4.67. The Morgan fingerprint density at radius 3 is 2.86 bits per heavy atom. The van der Waals surface area contributed by atoms with Crippen LogP contribution in [0.3, 0.4) is 0 Å². The number of aryl methyl sites for hydroxylation is 1. The summed E-state index contributed by atoms with van der Waals surface area (Å²) in [6, 6.07) is 5.56. The van der Waals surface area contributed by atoms with Crippen molar-refractivity contribution in [3.05, 3.63) is 46.0 Å². The van der Waals surface area contributed by atoms with E-state index in [1.54, 1.807) is 16.7 Å². The van der Waals surface area contributed by atoms with E-state index in [1.165, 1.54) is 32.1 Å². The molecule has 4 nitrogen and oxygen atoms in total. The van der Waals surface area contributed by atoms with Gasteiger partial charge in [0.05, 0.1) is 5.69 Å². The van der Waals surface area contributed by atoms with Crippen molar-refractivity contribution in [2.75, 3.05) is 13.6 Å².